The highest BCUT2D eigenvalue weighted by Gasteiger charge is 2.29. The Morgan fingerprint density at radius 2 is 2.04 bits per heavy atom. The van der Waals surface area contributed by atoms with Gasteiger partial charge in [-0.1, -0.05) is 5.21 Å². The number of hydrogen-bond acceptors (Lipinski definition) is 5. The molecule has 27 heavy (non-hydrogen) atoms. The summed E-state index contributed by atoms with van der Waals surface area (Å²) in [6.07, 6.45) is 2.90. The molecule has 2 aromatic rings. The molecule has 0 saturated carbocycles. The van der Waals surface area contributed by atoms with Crippen LogP contribution < -0.4 is 10.5 Å². The number of amides is 1. The van der Waals surface area contributed by atoms with E-state index in [1.807, 2.05) is 0 Å². The van der Waals surface area contributed by atoms with Crippen molar-refractivity contribution in [3.63, 3.8) is 0 Å². The van der Waals surface area contributed by atoms with Crippen molar-refractivity contribution in [3.8, 4) is 11.4 Å². The molecule has 1 amide bonds. The summed E-state index contributed by atoms with van der Waals surface area (Å²) >= 11 is 0. The van der Waals surface area contributed by atoms with Gasteiger partial charge in [-0.05, 0) is 50.5 Å². The molecule has 1 fully saturated rings. The molecule has 0 radical (unpaired) electrons. The van der Waals surface area contributed by atoms with E-state index in [1.54, 1.807) is 24.0 Å². The van der Waals surface area contributed by atoms with Gasteiger partial charge in [-0.15, -0.1) is 17.5 Å². The monoisotopic (exact) mass is 401 g/mol. The molecule has 1 saturated heterocycles. The number of piperidine rings is 1. The third kappa shape index (κ3) is 4.54. The molecular formula is C17H22ClF2N5O2. The molecule has 1 atom stereocenters. The number of nitrogens with zero attached hydrogens (tertiary/aromatic N) is 4. The van der Waals surface area contributed by atoms with E-state index >= 15 is 0 Å². The van der Waals surface area contributed by atoms with Crippen molar-refractivity contribution in [3.05, 3.63) is 35.7 Å². The zero-order valence-electron chi connectivity index (χ0n) is 14.8. The number of rotatable bonds is 5. The SMILES string of the molecule is Cc1c(C(=O)N2CCCCC2CN)nnn1-c1ccc(OC(F)F)cc1.Cl. The summed E-state index contributed by atoms with van der Waals surface area (Å²) in [6.45, 7) is -0.0479. The second-order valence-corrected chi connectivity index (χ2v) is 6.19. The Labute approximate surface area is 161 Å². The Balaban J connectivity index is 0.00000261. The van der Waals surface area contributed by atoms with Crippen LogP contribution in [0.1, 0.15) is 35.4 Å². The highest BCUT2D eigenvalue weighted by molar-refractivity contribution is 5.93. The van der Waals surface area contributed by atoms with Gasteiger partial charge in [-0.2, -0.15) is 8.78 Å². The van der Waals surface area contributed by atoms with Crippen molar-refractivity contribution < 1.29 is 18.3 Å². The fraction of sp³-hybridized carbons (Fsp3) is 0.471. The number of carbonyl (C=O) groups excluding carboxylic acids is 1. The summed E-state index contributed by atoms with van der Waals surface area (Å²) in [5.74, 6) is -0.126. The average molecular weight is 402 g/mol. The summed E-state index contributed by atoms with van der Waals surface area (Å²) in [6, 6.07) is 6.01. The lowest BCUT2D eigenvalue weighted by Crippen LogP contribution is -2.47. The molecule has 3 rings (SSSR count). The lowest BCUT2D eigenvalue weighted by Gasteiger charge is -2.34. The molecular weight excluding hydrogens is 380 g/mol. The van der Waals surface area contributed by atoms with Crippen LogP contribution in [0.4, 0.5) is 8.78 Å². The van der Waals surface area contributed by atoms with Crippen molar-refractivity contribution in [2.24, 2.45) is 5.73 Å². The maximum Gasteiger partial charge on any atom is 0.387 e. The first-order valence-corrected chi connectivity index (χ1v) is 8.50. The standard InChI is InChI=1S/C17H21F2N5O2.ClH/c1-11-15(16(25)23-9-3-2-4-13(23)10-20)21-22-24(11)12-5-7-14(8-6-12)26-17(18)19;/h5-8,13,17H,2-4,9-10,20H2,1H3;1H. The molecule has 2 N–H and O–H groups in total. The zero-order valence-corrected chi connectivity index (χ0v) is 15.7. The Morgan fingerprint density at radius 1 is 1.33 bits per heavy atom. The first kappa shape index (κ1) is 21.0. The van der Waals surface area contributed by atoms with Gasteiger partial charge in [-0.3, -0.25) is 4.79 Å². The quantitative estimate of drug-likeness (QED) is 0.832. The fourth-order valence-electron chi connectivity index (χ4n) is 3.19. The van der Waals surface area contributed by atoms with E-state index in [4.69, 9.17) is 5.73 Å². The Bertz CT molecular complexity index is 769. The highest BCUT2D eigenvalue weighted by atomic mass is 35.5. The van der Waals surface area contributed by atoms with Crippen LogP contribution >= 0.6 is 12.4 Å². The minimum Gasteiger partial charge on any atom is -0.435 e. The molecule has 148 valence electrons. The highest BCUT2D eigenvalue weighted by Crippen LogP contribution is 2.22. The van der Waals surface area contributed by atoms with Gasteiger partial charge in [0.2, 0.25) is 0 Å². The van der Waals surface area contributed by atoms with Crippen LogP contribution in [0.25, 0.3) is 5.69 Å². The predicted molar refractivity (Wildman–Crippen MR) is 97.7 cm³/mol. The molecule has 7 nitrogen and oxygen atoms in total. The largest absolute Gasteiger partial charge is 0.435 e. The third-order valence-electron chi connectivity index (χ3n) is 4.56. The van der Waals surface area contributed by atoms with Gasteiger partial charge < -0.3 is 15.4 Å². The molecule has 10 heteroatoms. The van der Waals surface area contributed by atoms with E-state index in [1.165, 1.54) is 16.8 Å². The first-order valence-electron chi connectivity index (χ1n) is 8.50. The van der Waals surface area contributed by atoms with Gasteiger partial charge >= 0.3 is 6.61 Å². The van der Waals surface area contributed by atoms with E-state index in [2.05, 4.69) is 15.0 Å². The van der Waals surface area contributed by atoms with Crippen LogP contribution in [-0.2, 0) is 0 Å². The van der Waals surface area contributed by atoms with Gasteiger partial charge in [0, 0.05) is 19.1 Å². The molecule has 1 aliphatic heterocycles. The number of aromatic nitrogens is 3. The van der Waals surface area contributed by atoms with Crippen LogP contribution in [0.3, 0.4) is 0 Å². The Morgan fingerprint density at radius 3 is 2.67 bits per heavy atom. The molecule has 1 aromatic heterocycles. The Hall–Kier alpha value is -2.26. The zero-order chi connectivity index (χ0) is 18.7. The molecule has 0 aliphatic carbocycles. The number of benzene rings is 1. The van der Waals surface area contributed by atoms with Gasteiger partial charge in [0.1, 0.15) is 5.75 Å². The van der Waals surface area contributed by atoms with Crippen LogP contribution in [0, 0.1) is 6.92 Å². The minimum absolute atomic E-state index is 0. The maximum absolute atomic E-state index is 12.9. The van der Waals surface area contributed by atoms with Crippen molar-refractivity contribution >= 4 is 18.3 Å². The number of likely N-dealkylation sites (tertiary alicyclic amines) is 1. The van der Waals surface area contributed by atoms with Gasteiger partial charge in [0.15, 0.2) is 5.69 Å². The summed E-state index contributed by atoms with van der Waals surface area (Å²) < 4.78 is 30.3. The normalized spacial score (nSPS) is 16.9. The molecule has 0 spiro atoms. The van der Waals surface area contributed by atoms with E-state index in [9.17, 15) is 13.6 Å². The first-order chi connectivity index (χ1) is 12.5. The molecule has 2 heterocycles. The number of carbonyl (C=O) groups is 1. The summed E-state index contributed by atoms with van der Waals surface area (Å²) in [5.41, 5.74) is 7.25. The van der Waals surface area contributed by atoms with Crippen molar-refractivity contribution in [2.45, 2.75) is 38.8 Å². The topological polar surface area (TPSA) is 86.3 Å². The van der Waals surface area contributed by atoms with Crippen molar-refractivity contribution in [1.82, 2.24) is 19.9 Å². The smallest absolute Gasteiger partial charge is 0.387 e. The van der Waals surface area contributed by atoms with Gasteiger partial charge in [0.05, 0.1) is 11.4 Å². The van der Waals surface area contributed by atoms with Crippen LogP contribution in [0.5, 0.6) is 5.75 Å². The van der Waals surface area contributed by atoms with E-state index < -0.39 is 6.61 Å². The lowest BCUT2D eigenvalue weighted by atomic mass is 10.0. The number of nitrogens with two attached hydrogens (primary N) is 1. The van der Waals surface area contributed by atoms with Crippen LogP contribution in [-0.4, -0.2) is 51.5 Å². The summed E-state index contributed by atoms with van der Waals surface area (Å²) in [5, 5.41) is 8.08. The Kier molecular flexibility index (Phi) is 7.09. The predicted octanol–water partition coefficient (Wildman–Crippen LogP) is 2.55. The van der Waals surface area contributed by atoms with E-state index in [0.717, 1.165) is 19.3 Å². The average Bonchev–Trinajstić information content (AvgIpc) is 3.02. The molecule has 1 aliphatic rings. The third-order valence-corrected chi connectivity index (χ3v) is 4.56. The van der Waals surface area contributed by atoms with Crippen LogP contribution in [0.15, 0.2) is 24.3 Å². The number of alkyl halides is 2. The lowest BCUT2D eigenvalue weighted by molar-refractivity contribution is -0.0498. The van der Waals surface area contributed by atoms with E-state index in [0.29, 0.717) is 24.5 Å². The number of hydrogen-bond donors (Lipinski definition) is 1. The second-order valence-electron chi connectivity index (χ2n) is 6.19. The summed E-state index contributed by atoms with van der Waals surface area (Å²) in [4.78, 5) is 14.6. The minimum atomic E-state index is -2.88. The fourth-order valence-corrected chi connectivity index (χ4v) is 3.19. The van der Waals surface area contributed by atoms with Crippen molar-refractivity contribution in [2.75, 3.05) is 13.1 Å². The van der Waals surface area contributed by atoms with Gasteiger partial charge in [-0.25, -0.2) is 4.68 Å². The number of ether oxygens (including phenoxy) is 1. The number of halogens is 3. The van der Waals surface area contributed by atoms with Crippen LogP contribution in [0.2, 0.25) is 0 Å². The molecule has 1 unspecified atom stereocenters. The van der Waals surface area contributed by atoms with Crippen molar-refractivity contribution in [1.29, 1.82) is 0 Å². The molecule has 0 bridgehead atoms. The van der Waals surface area contributed by atoms with Gasteiger partial charge in [0.25, 0.3) is 5.91 Å². The maximum atomic E-state index is 12.9. The second kappa shape index (κ2) is 9.09. The summed E-state index contributed by atoms with van der Waals surface area (Å²) in [7, 11) is 0. The molecule has 1 aromatic carbocycles. The van der Waals surface area contributed by atoms with E-state index in [-0.39, 0.29) is 35.8 Å².